The zero-order valence-electron chi connectivity index (χ0n) is 11.4. The Bertz CT molecular complexity index is 403. The first-order valence-corrected chi connectivity index (χ1v) is 8.11. The zero-order valence-corrected chi connectivity index (χ0v) is 12.2. The highest BCUT2D eigenvalue weighted by molar-refractivity contribution is 7.15. The van der Waals surface area contributed by atoms with Crippen LogP contribution >= 0.6 is 11.3 Å². The van der Waals surface area contributed by atoms with Crippen molar-refractivity contribution in [3.05, 3.63) is 10.6 Å². The molecule has 2 aliphatic rings. The summed E-state index contributed by atoms with van der Waals surface area (Å²) in [5.41, 5.74) is 1.40. The van der Waals surface area contributed by atoms with Crippen molar-refractivity contribution in [3.63, 3.8) is 0 Å². The molecule has 4 heteroatoms. The monoisotopic (exact) mass is 265 g/mol. The normalized spacial score (nSPS) is 19.2. The average molecular weight is 265 g/mol. The first-order chi connectivity index (χ1) is 8.81. The summed E-state index contributed by atoms with van der Waals surface area (Å²) < 4.78 is 0. The van der Waals surface area contributed by atoms with Gasteiger partial charge in [0.1, 0.15) is 0 Å². The van der Waals surface area contributed by atoms with Crippen LogP contribution in [0.2, 0.25) is 0 Å². The Hall–Kier alpha value is -0.610. The van der Waals surface area contributed by atoms with Gasteiger partial charge in [0.25, 0.3) is 0 Å². The Labute approximate surface area is 114 Å². The molecule has 3 nitrogen and oxygen atoms in total. The fourth-order valence-corrected chi connectivity index (χ4v) is 3.53. The predicted octanol–water partition coefficient (Wildman–Crippen LogP) is 3.12. The molecule has 0 spiro atoms. The van der Waals surface area contributed by atoms with Gasteiger partial charge in [-0.05, 0) is 39.5 Å². The lowest BCUT2D eigenvalue weighted by molar-refractivity contribution is 0.688. The second-order valence-corrected chi connectivity index (χ2v) is 6.47. The van der Waals surface area contributed by atoms with E-state index >= 15 is 0 Å². The summed E-state index contributed by atoms with van der Waals surface area (Å²) in [5.74, 6) is 0.765. The van der Waals surface area contributed by atoms with E-state index in [9.17, 15) is 0 Å². The van der Waals surface area contributed by atoms with E-state index in [1.165, 1.54) is 41.4 Å². The smallest absolute Gasteiger partial charge is 0.185 e. The lowest BCUT2D eigenvalue weighted by Crippen LogP contribution is -2.21. The van der Waals surface area contributed by atoms with Crippen LogP contribution in [0.5, 0.6) is 0 Å². The quantitative estimate of drug-likeness (QED) is 0.821. The van der Waals surface area contributed by atoms with Gasteiger partial charge in [-0.1, -0.05) is 0 Å². The Balaban J connectivity index is 1.75. The predicted molar refractivity (Wildman–Crippen MR) is 77.5 cm³/mol. The molecule has 0 unspecified atom stereocenters. The summed E-state index contributed by atoms with van der Waals surface area (Å²) in [6.07, 6.45) is 5.41. The summed E-state index contributed by atoms with van der Waals surface area (Å²) in [5, 5.41) is 4.87. The first-order valence-electron chi connectivity index (χ1n) is 7.29. The van der Waals surface area contributed by atoms with Crippen molar-refractivity contribution in [2.24, 2.45) is 0 Å². The fourth-order valence-electron chi connectivity index (χ4n) is 2.31. The lowest BCUT2D eigenvalue weighted by atomic mass is 10.2. The number of rotatable bonds is 7. The Morgan fingerprint density at radius 3 is 2.50 bits per heavy atom. The van der Waals surface area contributed by atoms with Crippen molar-refractivity contribution in [1.29, 1.82) is 0 Å². The molecule has 3 rings (SSSR count). The van der Waals surface area contributed by atoms with Crippen molar-refractivity contribution in [2.75, 3.05) is 18.0 Å². The van der Waals surface area contributed by atoms with Gasteiger partial charge in [-0.15, -0.1) is 11.3 Å². The van der Waals surface area contributed by atoms with Gasteiger partial charge >= 0.3 is 0 Å². The van der Waals surface area contributed by atoms with Crippen LogP contribution in [0, 0.1) is 0 Å². The summed E-state index contributed by atoms with van der Waals surface area (Å²) in [6, 6.07) is 0.788. The van der Waals surface area contributed by atoms with Gasteiger partial charge in [0.2, 0.25) is 0 Å². The van der Waals surface area contributed by atoms with Crippen LogP contribution in [0.15, 0.2) is 0 Å². The maximum atomic E-state index is 4.92. The molecule has 1 heterocycles. The highest BCUT2D eigenvalue weighted by Crippen LogP contribution is 2.44. The van der Waals surface area contributed by atoms with E-state index < -0.39 is 0 Å². The molecular weight excluding hydrogens is 242 g/mol. The van der Waals surface area contributed by atoms with Crippen molar-refractivity contribution >= 4 is 16.5 Å². The molecule has 0 radical (unpaired) electrons. The third-order valence-electron chi connectivity index (χ3n) is 3.84. The molecule has 1 aromatic rings. The maximum Gasteiger partial charge on any atom is 0.185 e. The molecule has 0 aromatic carbocycles. The third-order valence-corrected chi connectivity index (χ3v) is 4.97. The van der Waals surface area contributed by atoms with E-state index in [2.05, 4.69) is 24.1 Å². The number of hydrogen-bond acceptors (Lipinski definition) is 4. The third kappa shape index (κ3) is 2.69. The molecule has 0 atom stereocenters. The van der Waals surface area contributed by atoms with Gasteiger partial charge in [0, 0.05) is 36.5 Å². The van der Waals surface area contributed by atoms with Crippen molar-refractivity contribution in [1.82, 2.24) is 10.3 Å². The van der Waals surface area contributed by atoms with Gasteiger partial charge in [-0.25, -0.2) is 4.98 Å². The summed E-state index contributed by atoms with van der Waals surface area (Å²) in [4.78, 5) is 8.78. The average Bonchev–Trinajstić information content (AvgIpc) is 3.28. The molecular formula is C14H23N3S. The standard InChI is InChI=1S/C14H23N3S/c1-3-17(4-2)14-16-13(10-5-6-10)12(18-14)9-15-11-7-8-11/h10-11,15H,3-9H2,1-2H3. The summed E-state index contributed by atoms with van der Waals surface area (Å²) >= 11 is 1.91. The molecule has 0 bridgehead atoms. The molecule has 2 fully saturated rings. The second kappa shape index (κ2) is 5.17. The Morgan fingerprint density at radius 1 is 1.22 bits per heavy atom. The van der Waals surface area contributed by atoms with E-state index in [1.807, 2.05) is 11.3 Å². The number of anilines is 1. The van der Waals surface area contributed by atoms with E-state index in [0.717, 1.165) is 31.6 Å². The van der Waals surface area contributed by atoms with Crippen LogP contribution in [-0.2, 0) is 6.54 Å². The van der Waals surface area contributed by atoms with Crippen LogP contribution in [-0.4, -0.2) is 24.1 Å². The van der Waals surface area contributed by atoms with E-state index in [-0.39, 0.29) is 0 Å². The van der Waals surface area contributed by atoms with Crippen LogP contribution in [0.1, 0.15) is 56.0 Å². The molecule has 100 valence electrons. The van der Waals surface area contributed by atoms with Crippen LogP contribution in [0.3, 0.4) is 0 Å². The van der Waals surface area contributed by atoms with Gasteiger partial charge in [-0.3, -0.25) is 0 Å². The highest BCUT2D eigenvalue weighted by Gasteiger charge is 2.31. The van der Waals surface area contributed by atoms with E-state index in [0.29, 0.717) is 0 Å². The number of nitrogens with one attached hydrogen (secondary N) is 1. The fraction of sp³-hybridized carbons (Fsp3) is 0.786. The van der Waals surface area contributed by atoms with Gasteiger partial charge in [0.15, 0.2) is 5.13 Å². The highest BCUT2D eigenvalue weighted by atomic mass is 32.1. The minimum Gasteiger partial charge on any atom is -0.349 e. The molecule has 0 aliphatic heterocycles. The molecule has 1 N–H and O–H groups in total. The Kier molecular flexibility index (Phi) is 3.57. The molecule has 18 heavy (non-hydrogen) atoms. The number of nitrogens with zero attached hydrogens (tertiary/aromatic N) is 2. The molecule has 0 saturated heterocycles. The van der Waals surface area contributed by atoms with Crippen molar-refractivity contribution < 1.29 is 0 Å². The molecule has 0 amide bonds. The SMILES string of the molecule is CCN(CC)c1nc(C2CC2)c(CNC2CC2)s1. The van der Waals surface area contributed by atoms with Crippen LogP contribution in [0.4, 0.5) is 5.13 Å². The van der Waals surface area contributed by atoms with E-state index in [4.69, 9.17) is 4.98 Å². The van der Waals surface area contributed by atoms with Crippen LogP contribution < -0.4 is 10.2 Å². The summed E-state index contributed by atoms with van der Waals surface area (Å²) in [7, 11) is 0. The lowest BCUT2D eigenvalue weighted by Gasteiger charge is -2.16. The molecule has 2 aliphatic carbocycles. The van der Waals surface area contributed by atoms with E-state index in [1.54, 1.807) is 0 Å². The first kappa shape index (κ1) is 12.4. The van der Waals surface area contributed by atoms with Crippen molar-refractivity contribution in [2.45, 2.75) is 58.0 Å². The maximum absolute atomic E-state index is 4.92. The minimum atomic E-state index is 0.765. The molecule has 1 aromatic heterocycles. The van der Waals surface area contributed by atoms with Gasteiger partial charge < -0.3 is 10.2 Å². The second-order valence-electron chi connectivity index (χ2n) is 5.41. The van der Waals surface area contributed by atoms with Gasteiger partial charge in [-0.2, -0.15) is 0 Å². The number of aromatic nitrogens is 1. The van der Waals surface area contributed by atoms with Gasteiger partial charge in [0.05, 0.1) is 5.69 Å². The molecule has 2 saturated carbocycles. The minimum absolute atomic E-state index is 0.765. The largest absolute Gasteiger partial charge is 0.349 e. The zero-order chi connectivity index (χ0) is 12.5. The topological polar surface area (TPSA) is 28.2 Å². The number of hydrogen-bond donors (Lipinski definition) is 1. The Morgan fingerprint density at radius 2 is 1.94 bits per heavy atom. The van der Waals surface area contributed by atoms with Crippen LogP contribution in [0.25, 0.3) is 0 Å². The van der Waals surface area contributed by atoms with Crippen molar-refractivity contribution in [3.8, 4) is 0 Å². The summed E-state index contributed by atoms with van der Waals surface area (Å²) in [6.45, 7) is 7.58. The number of thiazole rings is 1.